The van der Waals surface area contributed by atoms with Crippen LogP contribution in [0.1, 0.15) is 37.7 Å². The Balaban J connectivity index is 2.31. The maximum absolute atomic E-state index is 12.0. The molecule has 0 saturated heterocycles. The summed E-state index contributed by atoms with van der Waals surface area (Å²) in [5, 5.41) is 17.5. The van der Waals surface area contributed by atoms with Crippen molar-refractivity contribution in [2.24, 2.45) is 5.73 Å². The lowest BCUT2D eigenvalue weighted by Gasteiger charge is -2.15. The molecule has 0 fully saturated rings. The summed E-state index contributed by atoms with van der Waals surface area (Å²) < 4.78 is 0. The Morgan fingerprint density at radius 2 is 1.74 bits per heavy atom. The van der Waals surface area contributed by atoms with Crippen molar-refractivity contribution in [1.82, 2.24) is 16.0 Å². The smallest absolute Gasteiger partial charge is 0.240 e. The number of benzene rings is 1. The highest BCUT2D eigenvalue weighted by Gasteiger charge is 2.21. The van der Waals surface area contributed by atoms with E-state index in [1.807, 2.05) is 7.05 Å². The third kappa shape index (κ3) is 10.2. The molecule has 8 heteroatoms. The van der Waals surface area contributed by atoms with Crippen molar-refractivity contribution in [2.45, 2.75) is 44.6 Å². The number of primary amides is 1. The molecule has 27 heavy (non-hydrogen) atoms. The highest BCUT2D eigenvalue weighted by molar-refractivity contribution is 5.91. The summed E-state index contributed by atoms with van der Waals surface area (Å²) in [6.45, 7) is 1.28. The molecule has 0 aliphatic rings. The number of carbonyl (C=O) groups excluding carboxylic acids is 3. The molecule has 1 aromatic rings. The molecule has 0 aliphatic heterocycles. The van der Waals surface area contributed by atoms with Gasteiger partial charge in [0.1, 0.15) is 11.8 Å². The predicted octanol–water partition coefficient (Wildman–Crippen LogP) is 0.191. The first-order chi connectivity index (χ1) is 12.9. The molecule has 0 radical (unpaired) electrons. The molecule has 0 unspecified atom stereocenters. The second-order valence-corrected chi connectivity index (χ2v) is 6.41. The van der Waals surface area contributed by atoms with Crippen LogP contribution in [0.25, 0.3) is 0 Å². The topological polar surface area (TPSA) is 134 Å². The third-order valence-corrected chi connectivity index (χ3v) is 4.07. The van der Waals surface area contributed by atoms with Crippen LogP contribution in [0.2, 0.25) is 0 Å². The van der Waals surface area contributed by atoms with Crippen molar-refractivity contribution in [3.63, 3.8) is 0 Å². The first-order valence-corrected chi connectivity index (χ1v) is 9.20. The maximum Gasteiger partial charge on any atom is 0.240 e. The van der Waals surface area contributed by atoms with Crippen molar-refractivity contribution < 1.29 is 19.5 Å². The van der Waals surface area contributed by atoms with E-state index in [9.17, 15) is 19.5 Å². The van der Waals surface area contributed by atoms with Crippen molar-refractivity contribution in [3.8, 4) is 5.75 Å². The summed E-state index contributed by atoms with van der Waals surface area (Å²) in [5.74, 6) is -1.18. The molecule has 1 atom stereocenters. The van der Waals surface area contributed by atoms with Crippen LogP contribution in [0.5, 0.6) is 5.75 Å². The predicted molar refractivity (Wildman–Crippen MR) is 103 cm³/mol. The highest BCUT2D eigenvalue weighted by atomic mass is 16.3. The Morgan fingerprint density at radius 1 is 1.04 bits per heavy atom. The van der Waals surface area contributed by atoms with Crippen molar-refractivity contribution >= 4 is 17.7 Å². The number of amides is 3. The summed E-state index contributed by atoms with van der Waals surface area (Å²) in [7, 11) is 1.87. The number of unbranched alkanes of at least 4 members (excludes halogenated alkanes) is 2. The van der Waals surface area contributed by atoms with Gasteiger partial charge in [-0.3, -0.25) is 14.4 Å². The van der Waals surface area contributed by atoms with E-state index in [1.165, 1.54) is 0 Å². The van der Waals surface area contributed by atoms with Crippen LogP contribution in [0, 0.1) is 0 Å². The molecule has 150 valence electrons. The van der Waals surface area contributed by atoms with E-state index in [2.05, 4.69) is 16.0 Å². The largest absolute Gasteiger partial charge is 0.508 e. The van der Waals surface area contributed by atoms with Crippen molar-refractivity contribution in [2.75, 3.05) is 20.1 Å². The summed E-state index contributed by atoms with van der Waals surface area (Å²) in [5.41, 5.74) is 6.26. The first-order valence-electron chi connectivity index (χ1n) is 9.20. The Morgan fingerprint density at radius 3 is 2.37 bits per heavy atom. The molecule has 0 saturated carbocycles. The van der Waals surface area contributed by atoms with E-state index >= 15 is 0 Å². The minimum Gasteiger partial charge on any atom is -0.508 e. The third-order valence-electron chi connectivity index (χ3n) is 4.07. The van der Waals surface area contributed by atoms with Crippen LogP contribution in [0.4, 0.5) is 0 Å². The average molecular weight is 378 g/mol. The number of nitrogens with one attached hydrogen (secondary N) is 3. The van der Waals surface area contributed by atoms with Gasteiger partial charge in [0.2, 0.25) is 17.7 Å². The molecule has 0 bridgehead atoms. The second-order valence-electron chi connectivity index (χ2n) is 6.41. The molecule has 0 spiro atoms. The van der Waals surface area contributed by atoms with Crippen molar-refractivity contribution in [1.29, 1.82) is 0 Å². The fourth-order valence-corrected chi connectivity index (χ4v) is 2.52. The first kappa shape index (κ1) is 22.4. The number of phenols is 1. The molecule has 1 rings (SSSR count). The Kier molecular flexibility index (Phi) is 10.5. The number of hydrogen-bond donors (Lipinski definition) is 5. The monoisotopic (exact) mass is 378 g/mol. The van der Waals surface area contributed by atoms with E-state index in [4.69, 9.17) is 5.73 Å². The molecule has 0 heterocycles. The zero-order valence-electron chi connectivity index (χ0n) is 15.8. The zero-order valence-corrected chi connectivity index (χ0v) is 15.8. The molecule has 6 N–H and O–H groups in total. The van der Waals surface area contributed by atoms with Crippen molar-refractivity contribution in [3.05, 3.63) is 29.8 Å². The summed E-state index contributed by atoms with van der Waals surface area (Å²) in [6.07, 6.45) is 3.32. The number of carbonyl (C=O) groups is 3. The van der Waals surface area contributed by atoms with Gasteiger partial charge in [-0.15, -0.1) is 0 Å². The minimum atomic E-state index is -1.01. The normalized spacial score (nSPS) is 11.6. The minimum absolute atomic E-state index is 0.184. The van der Waals surface area contributed by atoms with Crippen LogP contribution in [0.15, 0.2) is 24.3 Å². The molecule has 1 aromatic carbocycles. The lowest BCUT2D eigenvalue weighted by atomic mass is 10.1. The van der Waals surface area contributed by atoms with Gasteiger partial charge < -0.3 is 26.8 Å². The number of phenolic OH excluding ortho intramolecular Hbond substituents is 1. The van der Waals surface area contributed by atoms with E-state index in [0.29, 0.717) is 19.4 Å². The lowest BCUT2D eigenvalue weighted by molar-refractivity contribution is -0.130. The standard InChI is InChI=1S/C19H30N4O4/c1-21-11-4-2-3-5-17(25)23-16(19(20)27)13-18(26)22-12-10-14-6-8-15(24)9-7-14/h6-9,16,21,24H,2-5,10-13H2,1H3,(H2,20,27)(H,22,26)(H,23,25)/t16-/m1/s1. The van der Waals surface area contributed by atoms with Gasteiger partial charge in [0.15, 0.2) is 0 Å². The summed E-state index contributed by atoms with van der Waals surface area (Å²) in [4.78, 5) is 35.4. The van der Waals surface area contributed by atoms with Gasteiger partial charge in [0.25, 0.3) is 0 Å². The van der Waals surface area contributed by atoms with E-state index in [1.54, 1.807) is 24.3 Å². The fourth-order valence-electron chi connectivity index (χ4n) is 2.52. The van der Waals surface area contributed by atoms with E-state index < -0.39 is 11.9 Å². The number of nitrogens with two attached hydrogens (primary N) is 1. The van der Waals surface area contributed by atoms with Crippen LogP contribution in [-0.2, 0) is 20.8 Å². The molecule has 0 aliphatic carbocycles. The summed E-state index contributed by atoms with van der Waals surface area (Å²) in [6, 6.07) is 5.68. The number of rotatable bonds is 13. The van der Waals surface area contributed by atoms with Gasteiger partial charge in [0, 0.05) is 13.0 Å². The van der Waals surface area contributed by atoms with Crippen LogP contribution < -0.4 is 21.7 Å². The maximum atomic E-state index is 12.0. The SMILES string of the molecule is CNCCCCCC(=O)N[C@H](CC(=O)NCCc1ccc(O)cc1)C(N)=O. The molecular weight excluding hydrogens is 348 g/mol. The van der Waals surface area contributed by atoms with Gasteiger partial charge in [-0.25, -0.2) is 0 Å². The Hall–Kier alpha value is -2.61. The molecule has 8 nitrogen and oxygen atoms in total. The van der Waals surface area contributed by atoms with Crippen LogP contribution in [-0.4, -0.2) is 49.0 Å². The number of hydrogen-bond acceptors (Lipinski definition) is 5. The quantitative estimate of drug-likeness (QED) is 0.313. The molecule has 3 amide bonds. The Labute approximate surface area is 159 Å². The van der Waals surface area contributed by atoms with E-state index in [0.717, 1.165) is 31.4 Å². The van der Waals surface area contributed by atoms with Gasteiger partial charge in [-0.05, 0) is 50.6 Å². The van der Waals surface area contributed by atoms with Gasteiger partial charge in [0.05, 0.1) is 6.42 Å². The zero-order chi connectivity index (χ0) is 20.1. The molecular formula is C19H30N4O4. The van der Waals surface area contributed by atoms with Crippen LogP contribution in [0.3, 0.4) is 0 Å². The van der Waals surface area contributed by atoms with Crippen LogP contribution >= 0.6 is 0 Å². The van der Waals surface area contributed by atoms with Gasteiger partial charge in [-0.1, -0.05) is 18.6 Å². The number of aromatic hydroxyl groups is 1. The summed E-state index contributed by atoms with van der Waals surface area (Å²) >= 11 is 0. The fraction of sp³-hybridized carbons (Fsp3) is 0.526. The molecule has 0 aromatic heterocycles. The van der Waals surface area contributed by atoms with E-state index in [-0.39, 0.29) is 24.0 Å². The van der Waals surface area contributed by atoms with Gasteiger partial charge in [-0.2, -0.15) is 0 Å². The Bertz CT molecular complexity index is 604. The second kappa shape index (κ2) is 12.7. The average Bonchev–Trinajstić information content (AvgIpc) is 2.62. The highest BCUT2D eigenvalue weighted by Crippen LogP contribution is 2.09. The lowest BCUT2D eigenvalue weighted by Crippen LogP contribution is -2.47. The van der Waals surface area contributed by atoms with Gasteiger partial charge >= 0.3 is 0 Å².